The maximum absolute atomic E-state index is 8.94. The number of hydrogen-bond acceptors (Lipinski definition) is 4. The number of anilines is 1. The van der Waals surface area contributed by atoms with Crippen molar-refractivity contribution in [3.63, 3.8) is 0 Å². The number of benzene rings is 3. The quantitative estimate of drug-likeness (QED) is 0.332. The second-order valence-electron chi connectivity index (χ2n) is 7.71. The van der Waals surface area contributed by atoms with Crippen LogP contribution in [0.15, 0.2) is 91.3 Å². The molecule has 4 aromatic rings. The van der Waals surface area contributed by atoms with Crippen LogP contribution < -0.4 is 10.1 Å². The Bertz CT molecular complexity index is 1160. The van der Waals surface area contributed by atoms with Crippen molar-refractivity contribution in [2.75, 3.05) is 5.32 Å². The molecule has 5 heteroatoms. The van der Waals surface area contributed by atoms with Gasteiger partial charge in [-0.2, -0.15) is 10.4 Å². The van der Waals surface area contributed by atoms with E-state index < -0.39 is 0 Å². The molecule has 0 spiro atoms. The Morgan fingerprint density at radius 3 is 2.38 bits per heavy atom. The Morgan fingerprint density at radius 2 is 1.69 bits per heavy atom. The van der Waals surface area contributed by atoms with Crippen LogP contribution in [-0.4, -0.2) is 9.78 Å². The van der Waals surface area contributed by atoms with Crippen molar-refractivity contribution in [2.45, 2.75) is 32.4 Å². The van der Waals surface area contributed by atoms with Crippen molar-refractivity contribution in [2.24, 2.45) is 0 Å². The molecule has 0 aliphatic carbocycles. The molecule has 0 fully saturated rings. The summed E-state index contributed by atoms with van der Waals surface area (Å²) in [5.74, 6) is 1.66. The molecule has 1 unspecified atom stereocenters. The number of nitrogens with one attached hydrogen (secondary N) is 1. The third-order valence-electron chi connectivity index (χ3n) is 5.24. The lowest BCUT2D eigenvalue weighted by Crippen LogP contribution is -2.10. The molecule has 0 saturated heterocycles. The Labute approximate surface area is 188 Å². The summed E-state index contributed by atoms with van der Waals surface area (Å²) in [6, 6.07) is 28.0. The number of nitrogens with zero attached hydrogens (tertiary/aromatic N) is 3. The van der Waals surface area contributed by atoms with Gasteiger partial charge in [0.15, 0.2) is 0 Å². The highest BCUT2D eigenvalue weighted by molar-refractivity contribution is 5.43. The zero-order chi connectivity index (χ0) is 22.2. The van der Waals surface area contributed by atoms with Crippen molar-refractivity contribution in [1.29, 1.82) is 5.26 Å². The number of hydrogen-bond donors (Lipinski definition) is 1. The first kappa shape index (κ1) is 21.2. The van der Waals surface area contributed by atoms with Gasteiger partial charge < -0.3 is 10.1 Å². The third-order valence-corrected chi connectivity index (χ3v) is 5.24. The van der Waals surface area contributed by atoms with Crippen molar-refractivity contribution in [3.8, 4) is 17.6 Å². The molecule has 5 nitrogen and oxygen atoms in total. The van der Waals surface area contributed by atoms with Crippen LogP contribution in [0.4, 0.5) is 5.69 Å². The molecule has 0 aliphatic rings. The van der Waals surface area contributed by atoms with Gasteiger partial charge in [0.1, 0.15) is 11.5 Å². The smallest absolute Gasteiger partial charge is 0.127 e. The lowest BCUT2D eigenvalue weighted by molar-refractivity contribution is 0.482. The van der Waals surface area contributed by atoms with E-state index in [4.69, 9.17) is 10.00 Å². The van der Waals surface area contributed by atoms with Crippen LogP contribution in [0.25, 0.3) is 0 Å². The number of para-hydroxylation sites is 1. The van der Waals surface area contributed by atoms with Crippen LogP contribution in [0, 0.1) is 11.3 Å². The lowest BCUT2D eigenvalue weighted by atomic mass is 10.0. The summed E-state index contributed by atoms with van der Waals surface area (Å²) in [6.45, 7) is 2.85. The van der Waals surface area contributed by atoms with Gasteiger partial charge in [0.05, 0.1) is 36.1 Å². The van der Waals surface area contributed by atoms with Crippen LogP contribution in [0.2, 0.25) is 0 Å². The molecule has 0 saturated carbocycles. The molecule has 4 rings (SSSR count). The Balaban J connectivity index is 1.41. The van der Waals surface area contributed by atoms with E-state index in [1.165, 1.54) is 5.56 Å². The van der Waals surface area contributed by atoms with E-state index in [1.54, 1.807) is 0 Å². The number of aromatic nitrogens is 2. The van der Waals surface area contributed by atoms with E-state index in [2.05, 4.69) is 35.5 Å². The maximum Gasteiger partial charge on any atom is 0.127 e. The van der Waals surface area contributed by atoms with Crippen LogP contribution in [0.5, 0.6) is 11.5 Å². The predicted octanol–water partition coefficient (Wildman–Crippen LogP) is 6.55. The molecule has 0 amide bonds. The summed E-state index contributed by atoms with van der Waals surface area (Å²) in [7, 11) is 0. The normalized spacial score (nSPS) is 11.5. The Kier molecular flexibility index (Phi) is 6.84. The van der Waals surface area contributed by atoms with E-state index in [0.717, 1.165) is 35.6 Å². The minimum Gasteiger partial charge on any atom is -0.457 e. The van der Waals surface area contributed by atoms with E-state index in [-0.39, 0.29) is 6.04 Å². The largest absolute Gasteiger partial charge is 0.457 e. The molecule has 1 heterocycles. The fraction of sp³-hybridized carbons (Fsp3) is 0.185. The highest BCUT2D eigenvalue weighted by atomic mass is 16.5. The Morgan fingerprint density at radius 1 is 0.969 bits per heavy atom. The summed E-state index contributed by atoms with van der Waals surface area (Å²) in [5, 5.41) is 17.1. The lowest BCUT2D eigenvalue weighted by Gasteiger charge is -2.19. The summed E-state index contributed by atoms with van der Waals surface area (Å²) < 4.78 is 7.82. The van der Waals surface area contributed by atoms with Crippen molar-refractivity contribution >= 4 is 5.69 Å². The third kappa shape index (κ3) is 5.55. The second kappa shape index (κ2) is 10.3. The molecule has 1 N–H and O–H groups in total. The van der Waals surface area contributed by atoms with E-state index >= 15 is 0 Å². The first-order valence-corrected chi connectivity index (χ1v) is 10.8. The molecule has 32 heavy (non-hydrogen) atoms. The minimum absolute atomic E-state index is 0.193. The molecule has 1 aromatic heterocycles. The van der Waals surface area contributed by atoms with Crippen LogP contribution >= 0.6 is 0 Å². The zero-order valence-corrected chi connectivity index (χ0v) is 18.1. The molecule has 3 aromatic carbocycles. The minimum atomic E-state index is 0.193. The molecule has 160 valence electrons. The predicted molar refractivity (Wildman–Crippen MR) is 127 cm³/mol. The standard InChI is InChI=1S/C27H26N4O/c1-2-6-27(23-13-15-26(16-14-23)32-25-7-4-3-5-8-25)30-24-18-29-31(20-24)19-22-11-9-21(17-28)10-12-22/h3-5,7-16,18,20,27,30H,2,6,19H2,1H3. The highest BCUT2D eigenvalue weighted by Gasteiger charge is 2.12. The van der Waals surface area contributed by atoms with Gasteiger partial charge in [-0.05, 0) is 53.9 Å². The van der Waals surface area contributed by atoms with Crippen molar-refractivity contribution in [1.82, 2.24) is 9.78 Å². The van der Waals surface area contributed by atoms with Crippen molar-refractivity contribution in [3.05, 3.63) is 108 Å². The average molecular weight is 423 g/mol. The summed E-state index contributed by atoms with van der Waals surface area (Å²) >= 11 is 0. The number of rotatable bonds is 9. The fourth-order valence-electron chi connectivity index (χ4n) is 3.60. The maximum atomic E-state index is 8.94. The SMILES string of the molecule is CCCC(Nc1cnn(Cc2ccc(C#N)cc2)c1)c1ccc(Oc2ccccc2)cc1. The molecule has 0 aliphatic heterocycles. The van der Waals surface area contributed by atoms with Gasteiger partial charge in [-0.25, -0.2) is 0 Å². The van der Waals surface area contributed by atoms with E-state index in [0.29, 0.717) is 12.1 Å². The first-order valence-electron chi connectivity index (χ1n) is 10.8. The monoisotopic (exact) mass is 422 g/mol. The average Bonchev–Trinajstić information content (AvgIpc) is 3.27. The Hall–Kier alpha value is -4.04. The molecular weight excluding hydrogens is 396 g/mol. The van der Waals surface area contributed by atoms with Gasteiger partial charge in [-0.1, -0.05) is 55.8 Å². The van der Waals surface area contributed by atoms with Gasteiger partial charge in [0.2, 0.25) is 0 Å². The van der Waals surface area contributed by atoms with E-state index in [1.807, 2.05) is 83.8 Å². The fourth-order valence-corrected chi connectivity index (χ4v) is 3.60. The highest BCUT2D eigenvalue weighted by Crippen LogP contribution is 2.27. The number of nitriles is 1. The van der Waals surface area contributed by atoms with Gasteiger partial charge in [-0.3, -0.25) is 4.68 Å². The first-order chi connectivity index (χ1) is 15.7. The van der Waals surface area contributed by atoms with Gasteiger partial charge in [0.25, 0.3) is 0 Å². The molecule has 0 radical (unpaired) electrons. The van der Waals surface area contributed by atoms with Crippen LogP contribution in [0.1, 0.15) is 42.5 Å². The van der Waals surface area contributed by atoms with Crippen molar-refractivity contribution < 1.29 is 4.74 Å². The van der Waals surface area contributed by atoms with Gasteiger partial charge in [0, 0.05) is 6.20 Å². The second-order valence-corrected chi connectivity index (χ2v) is 7.71. The summed E-state index contributed by atoms with van der Waals surface area (Å²) in [6.07, 6.45) is 5.96. The van der Waals surface area contributed by atoms with Crippen LogP contribution in [0.3, 0.4) is 0 Å². The number of ether oxygens (including phenoxy) is 1. The molecule has 0 bridgehead atoms. The molecule has 1 atom stereocenters. The topological polar surface area (TPSA) is 62.9 Å². The van der Waals surface area contributed by atoms with Gasteiger partial charge in [-0.15, -0.1) is 0 Å². The summed E-state index contributed by atoms with van der Waals surface area (Å²) in [5.41, 5.74) is 3.98. The van der Waals surface area contributed by atoms with E-state index in [9.17, 15) is 0 Å². The summed E-state index contributed by atoms with van der Waals surface area (Å²) in [4.78, 5) is 0. The zero-order valence-electron chi connectivity index (χ0n) is 18.1. The van der Waals surface area contributed by atoms with Crippen LogP contribution in [-0.2, 0) is 6.54 Å². The van der Waals surface area contributed by atoms with Gasteiger partial charge >= 0.3 is 0 Å². The molecular formula is C27H26N4O.